The summed E-state index contributed by atoms with van der Waals surface area (Å²) in [5.41, 5.74) is 11.0. The van der Waals surface area contributed by atoms with Crippen LogP contribution in [0.5, 0.6) is 0 Å². The molecule has 9 aromatic rings. The fraction of sp³-hybridized carbons (Fsp3) is 0. The average Bonchev–Trinajstić information content (AvgIpc) is 3.46. The van der Waals surface area contributed by atoms with Crippen molar-refractivity contribution < 1.29 is 0 Å². The van der Waals surface area contributed by atoms with Crippen LogP contribution >= 0.6 is 0 Å². The normalized spacial score (nSPS) is 11.5. The molecule has 0 aliphatic heterocycles. The summed E-state index contributed by atoms with van der Waals surface area (Å²) < 4.78 is 2.37. The molecular weight excluding hydrogens is 560 g/mol. The van der Waals surface area contributed by atoms with Gasteiger partial charge in [-0.25, -0.2) is 0 Å². The minimum atomic E-state index is 0.929. The zero-order valence-corrected chi connectivity index (χ0v) is 25.0. The number of nitrogens with zero attached hydrogens (tertiary/aromatic N) is 4. The van der Waals surface area contributed by atoms with Crippen molar-refractivity contribution >= 4 is 60.7 Å². The van der Waals surface area contributed by atoms with Gasteiger partial charge < -0.3 is 9.47 Å². The van der Waals surface area contributed by atoms with Crippen LogP contribution < -0.4 is 4.90 Å². The largest absolute Gasteiger partial charge is 0.310 e. The minimum absolute atomic E-state index is 0.929. The van der Waals surface area contributed by atoms with Crippen LogP contribution in [0, 0.1) is 0 Å². The highest BCUT2D eigenvalue weighted by molar-refractivity contribution is 6.11. The molecule has 3 heterocycles. The number of para-hydroxylation sites is 3. The Morgan fingerprint density at radius 3 is 1.91 bits per heavy atom. The molecule has 4 nitrogen and oxygen atoms in total. The summed E-state index contributed by atoms with van der Waals surface area (Å²) in [7, 11) is 0. The van der Waals surface area contributed by atoms with Gasteiger partial charge in [0.05, 0.1) is 22.1 Å². The van der Waals surface area contributed by atoms with E-state index in [-0.39, 0.29) is 0 Å². The van der Waals surface area contributed by atoms with Crippen LogP contribution in [-0.2, 0) is 0 Å². The summed E-state index contributed by atoms with van der Waals surface area (Å²) in [5.74, 6) is 0. The van der Waals surface area contributed by atoms with Crippen LogP contribution in [0.15, 0.2) is 170 Å². The topological polar surface area (TPSA) is 34.0 Å². The number of pyridine rings is 2. The molecule has 9 rings (SSSR count). The van der Waals surface area contributed by atoms with E-state index in [0.29, 0.717) is 0 Å². The molecule has 0 bridgehead atoms. The first-order valence-corrected chi connectivity index (χ1v) is 15.5. The van der Waals surface area contributed by atoms with Crippen molar-refractivity contribution in [2.45, 2.75) is 0 Å². The number of rotatable bonds is 5. The summed E-state index contributed by atoms with van der Waals surface area (Å²) in [6, 6.07) is 55.9. The molecule has 0 N–H and O–H groups in total. The zero-order valence-electron chi connectivity index (χ0n) is 25.0. The van der Waals surface area contributed by atoms with Crippen molar-refractivity contribution in [3.8, 4) is 16.8 Å². The van der Waals surface area contributed by atoms with Crippen LogP contribution in [0.4, 0.5) is 17.1 Å². The maximum atomic E-state index is 4.71. The van der Waals surface area contributed by atoms with Gasteiger partial charge in [0.2, 0.25) is 0 Å². The monoisotopic (exact) mass is 588 g/mol. The second-order valence-corrected chi connectivity index (χ2v) is 11.5. The molecule has 0 radical (unpaired) electrons. The van der Waals surface area contributed by atoms with Crippen molar-refractivity contribution in [3.05, 3.63) is 170 Å². The summed E-state index contributed by atoms with van der Waals surface area (Å²) >= 11 is 0. The SMILES string of the molecule is c1ccc(N(c2ccccc2)c2ccc3c(c2)c2ccccc2n3-c2ccc(-c3ccnc4c3ccc3cccnc34)cc2)cc1. The number of hydrogen-bond donors (Lipinski definition) is 0. The Morgan fingerprint density at radius 2 is 1.13 bits per heavy atom. The smallest absolute Gasteiger partial charge is 0.0970 e. The molecule has 3 aromatic heterocycles. The van der Waals surface area contributed by atoms with E-state index in [2.05, 4.69) is 166 Å². The fourth-order valence-corrected chi connectivity index (χ4v) is 6.78. The minimum Gasteiger partial charge on any atom is -0.310 e. The van der Waals surface area contributed by atoms with Gasteiger partial charge in [-0.2, -0.15) is 0 Å². The maximum Gasteiger partial charge on any atom is 0.0970 e. The van der Waals surface area contributed by atoms with Crippen molar-refractivity contribution in [1.82, 2.24) is 14.5 Å². The van der Waals surface area contributed by atoms with Crippen molar-refractivity contribution in [3.63, 3.8) is 0 Å². The highest BCUT2D eigenvalue weighted by Crippen LogP contribution is 2.40. The van der Waals surface area contributed by atoms with Crippen LogP contribution in [0.1, 0.15) is 0 Å². The third-order valence-electron chi connectivity index (χ3n) is 8.86. The van der Waals surface area contributed by atoms with Crippen molar-refractivity contribution in [2.24, 2.45) is 0 Å². The van der Waals surface area contributed by atoms with Gasteiger partial charge in [0.1, 0.15) is 0 Å². The lowest BCUT2D eigenvalue weighted by atomic mass is 9.99. The Bertz CT molecular complexity index is 2480. The molecule has 0 saturated carbocycles. The molecule has 0 atom stereocenters. The lowest BCUT2D eigenvalue weighted by molar-refractivity contribution is 1.18. The van der Waals surface area contributed by atoms with E-state index >= 15 is 0 Å². The molecule has 6 aromatic carbocycles. The predicted molar refractivity (Wildman–Crippen MR) is 192 cm³/mol. The van der Waals surface area contributed by atoms with Crippen LogP contribution in [0.2, 0.25) is 0 Å². The van der Waals surface area contributed by atoms with Gasteiger partial charge in [-0.1, -0.05) is 84.9 Å². The van der Waals surface area contributed by atoms with Crippen LogP contribution in [-0.4, -0.2) is 14.5 Å². The Hall–Kier alpha value is -6.26. The molecular formula is C42H28N4. The van der Waals surface area contributed by atoms with Gasteiger partial charge in [0.15, 0.2) is 0 Å². The Labute approximate surface area is 266 Å². The third kappa shape index (κ3) is 4.23. The van der Waals surface area contributed by atoms with Gasteiger partial charge in [0.25, 0.3) is 0 Å². The third-order valence-corrected chi connectivity index (χ3v) is 8.86. The predicted octanol–water partition coefficient (Wildman–Crippen LogP) is 11.0. The van der Waals surface area contributed by atoms with Crippen LogP contribution in [0.25, 0.3) is 60.4 Å². The molecule has 0 aliphatic carbocycles. The molecule has 46 heavy (non-hydrogen) atoms. The molecule has 4 heteroatoms. The standard InChI is InChI=1S/C42H28N4/c1-3-11-31(12-4-1)45(32-13-5-2-6-14-32)34-22-24-40-38(28-34)36-15-7-8-16-39(36)46(40)33-20-17-29(18-21-33)35-25-27-44-42-37(35)23-19-30-10-9-26-43-41(30)42/h1-28H. The number of fused-ring (bicyclic) bond motifs is 6. The van der Waals surface area contributed by atoms with Crippen LogP contribution in [0.3, 0.4) is 0 Å². The van der Waals surface area contributed by atoms with Gasteiger partial charge in [-0.3, -0.25) is 9.97 Å². The molecule has 0 saturated heterocycles. The van der Waals surface area contributed by atoms with E-state index in [1.54, 1.807) is 0 Å². The number of hydrogen-bond acceptors (Lipinski definition) is 3. The zero-order chi connectivity index (χ0) is 30.5. The van der Waals surface area contributed by atoms with Gasteiger partial charge in [0, 0.05) is 56.7 Å². The highest BCUT2D eigenvalue weighted by atomic mass is 15.1. The fourth-order valence-electron chi connectivity index (χ4n) is 6.78. The Kier molecular flexibility index (Phi) is 6.10. The molecule has 216 valence electrons. The molecule has 0 spiro atoms. The van der Waals surface area contributed by atoms with E-state index in [1.165, 1.54) is 21.8 Å². The number of anilines is 3. The molecule has 0 unspecified atom stereocenters. The van der Waals surface area contributed by atoms with E-state index in [9.17, 15) is 0 Å². The summed E-state index contributed by atoms with van der Waals surface area (Å²) in [4.78, 5) is 11.7. The van der Waals surface area contributed by atoms with Gasteiger partial charge >= 0.3 is 0 Å². The lowest BCUT2D eigenvalue weighted by Gasteiger charge is -2.25. The van der Waals surface area contributed by atoms with E-state index in [0.717, 1.165) is 55.7 Å². The first-order chi connectivity index (χ1) is 22.8. The second-order valence-electron chi connectivity index (χ2n) is 11.5. The lowest BCUT2D eigenvalue weighted by Crippen LogP contribution is -2.09. The summed E-state index contributed by atoms with van der Waals surface area (Å²) in [6.07, 6.45) is 3.72. The molecule has 0 amide bonds. The van der Waals surface area contributed by atoms with Gasteiger partial charge in [-0.15, -0.1) is 0 Å². The Balaban J connectivity index is 1.18. The molecule has 0 fully saturated rings. The van der Waals surface area contributed by atoms with Gasteiger partial charge in [-0.05, 0) is 83.9 Å². The first-order valence-electron chi connectivity index (χ1n) is 15.5. The quantitative estimate of drug-likeness (QED) is 0.188. The average molecular weight is 589 g/mol. The van der Waals surface area contributed by atoms with E-state index in [1.807, 2.05) is 18.5 Å². The summed E-state index contributed by atoms with van der Waals surface area (Å²) in [6.45, 7) is 0. The highest BCUT2D eigenvalue weighted by Gasteiger charge is 2.17. The van der Waals surface area contributed by atoms with Crippen molar-refractivity contribution in [1.29, 1.82) is 0 Å². The van der Waals surface area contributed by atoms with Crippen molar-refractivity contribution in [2.75, 3.05) is 4.90 Å². The van der Waals surface area contributed by atoms with E-state index in [4.69, 9.17) is 4.98 Å². The Morgan fingerprint density at radius 1 is 0.435 bits per heavy atom. The first kappa shape index (κ1) is 26.2. The molecule has 0 aliphatic rings. The second kappa shape index (κ2) is 10.7. The summed E-state index contributed by atoms with van der Waals surface area (Å²) in [5, 5.41) is 4.64. The maximum absolute atomic E-state index is 4.71. The number of aromatic nitrogens is 3. The number of benzene rings is 6. The van der Waals surface area contributed by atoms with E-state index < -0.39 is 0 Å².